The Hall–Kier alpha value is -2.38. The summed E-state index contributed by atoms with van der Waals surface area (Å²) in [6.45, 7) is 4.31. The van der Waals surface area contributed by atoms with Crippen LogP contribution in [0.1, 0.15) is 27.0 Å². The fourth-order valence-corrected chi connectivity index (χ4v) is 5.00. The fraction of sp³-hybridized carbons (Fsp3) is 0.476. The third kappa shape index (κ3) is 7.07. The molecule has 192 valence electrons. The molecule has 0 spiro atoms. The molecule has 14 heteroatoms. The summed E-state index contributed by atoms with van der Waals surface area (Å²) < 4.78 is 36.7. The number of nitrogens with zero attached hydrogens (tertiary/aromatic N) is 1. The van der Waals surface area contributed by atoms with Gasteiger partial charge in [-0.1, -0.05) is 18.2 Å². The average Bonchev–Trinajstić information content (AvgIpc) is 3.06. The minimum Gasteiger partial charge on any atom is -0.462 e. The molecule has 1 aliphatic heterocycles. The highest BCUT2D eigenvalue weighted by Gasteiger charge is 2.45. The predicted octanol–water partition coefficient (Wildman–Crippen LogP) is 1.66. The number of carbonyl (C=O) groups is 1. The maximum Gasteiger partial charge on any atom is 0.459 e. The molecule has 0 aliphatic carbocycles. The number of aromatic nitrogens is 2. The quantitative estimate of drug-likeness (QED) is 0.201. The number of esters is 1. The van der Waals surface area contributed by atoms with Gasteiger partial charge in [0.15, 0.2) is 11.0 Å². The second kappa shape index (κ2) is 11.6. The smallest absolute Gasteiger partial charge is 0.459 e. The van der Waals surface area contributed by atoms with Crippen molar-refractivity contribution >= 4 is 25.9 Å². The molecule has 1 aromatic heterocycles. The van der Waals surface area contributed by atoms with Gasteiger partial charge >= 0.3 is 13.7 Å². The van der Waals surface area contributed by atoms with Crippen LogP contribution < -0.4 is 15.2 Å². The Labute approximate surface area is 206 Å². The lowest BCUT2D eigenvalue weighted by molar-refractivity contribution is -0.149. The summed E-state index contributed by atoms with van der Waals surface area (Å²) in [4.78, 5) is 26.1. The molecule has 35 heavy (non-hydrogen) atoms. The first-order valence-electron chi connectivity index (χ1n) is 10.8. The van der Waals surface area contributed by atoms with Crippen LogP contribution in [0.5, 0.6) is 5.75 Å². The Balaban J connectivity index is 1.75. The number of hydrogen-bond donors (Lipinski definition) is 4. The van der Waals surface area contributed by atoms with Gasteiger partial charge in [0.2, 0.25) is 0 Å². The van der Waals surface area contributed by atoms with E-state index < -0.39 is 56.5 Å². The molecule has 0 saturated carbocycles. The largest absolute Gasteiger partial charge is 0.462 e. The van der Waals surface area contributed by atoms with Gasteiger partial charge in [0.05, 0.1) is 12.7 Å². The maximum absolute atomic E-state index is 13.5. The standard InChI is InChI=1S/C21H28N3O9PS/c1-12(2)31-20(28)13(3)23-34(29,33-14-7-5-4-6-8-14)30-11-15-17(26)18(27)19(32-15)24-10-9-16(25)22-21(24)35/h4-10,12-13,15,17-19,26-27H,11H2,1-3H3,(H,23,29)(H,22,25,35)/t13-,15+,17-,18-,19+,34?/m0/s1. The number of para-hydroxylation sites is 1. The van der Waals surface area contributed by atoms with Crippen LogP contribution in [0.2, 0.25) is 0 Å². The van der Waals surface area contributed by atoms with Gasteiger partial charge in [0.1, 0.15) is 30.1 Å². The van der Waals surface area contributed by atoms with Crippen LogP contribution in [0.25, 0.3) is 0 Å². The fourth-order valence-electron chi connectivity index (χ4n) is 3.23. The highest BCUT2D eigenvalue weighted by molar-refractivity contribution is 7.71. The number of aliphatic hydroxyl groups is 2. The number of aromatic amines is 1. The van der Waals surface area contributed by atoms with E-state index in [1.165, 1.54) is 23.8 Å². The summed E-state index contributed by atoms with van der Waals surface area (Å²) in [6, 6.07) is 8.29. The third-order valence-corrected chi connectivity index (χ3v) is 6.85. The van der Waals surface area contributed by atoms with Crippen molar-refractivity contribution in [1.82, 2.24) is 14.6 Å². The molecule has 2 heterocycles. The zero-order chi connectivity index (χ0) is 25.8. The van der Waals surface area contributed by atoms with E-state index in [1.807, 2.05) is 0 Å². The SMILES string of the molecule is CC(C)OC(=O)[C@H](C)NP(=O)(OC[C@H]1O[C@@H](n2ccc(=O)[nH]c2=S)[C@@H](O)[C@H]1O)Oc1ccccc1. The van der Waals surface area contributed by atoms with E-state index in [1.54, 1.807) is 44.2 Å². The Bertz CT molecular complexity index is 1170. The molecule has 6 atom stereocenters. The number of ether oxygens (including phenoxy) is 2. The van der Waals surface area contributed by atoms with Crippen molar-refractivity contribution in [3.8, 4) is 5.75 Å². The zero-order valence-corrected chi connectivity index (χ0v) is 21.0. The van der Waals surface area contributed by atoms with Crippen molar-refractivity contribution in [3.05, 3.63) is 57.7 Å². The molecule has 4 N–H and O–H groups in total. The van der Waals surface area contributed by atoms with Crippen LogP contribution in [0.4, 0.5) is 0 Å². The summed E-state index contributed by atoms with van der Waals surface area (Å²) >= 11 is 5.09. The van der Waals surface area contributed by atoms with Gasteiger partial charge in [-0.3, -0.25) is 23.7 Å². The van der Waals surface area contributed by atoms with Crippen LogP contribution >= 0.6 is 20.0 Å². The number of nitrogens with one attached hydrogen (secondary N) is 2. The number of carbonyl (C=O) groups excluding carboxylic acids is 1. The summed E-state index contributed by atoms with van der Waals surface area (Å²) in [5.41, 5.74) is -0.436. The number of H-pyrrole nitrogens is 1. The summed E-state index contributed by atoms with van der Waals surface area (Å²) in [6.07, 6.45) is -4.22. The van der Waals surface area contributed by atoms with Crippen molar-refractivity contribution in [2.24, 2.45) is 0 Å². The van der Waals surface area contributed by atoms with Crippen LogP contribution in [0.15, 0.2) is 47.4 Å². The first-order chi connectivity index (χ1) is 16.5. The van der Waals surface area contributed by atoms with Gasteiger partial charge in [-0.05, 0) is 45.1 Å². The maximum atomic E-state index is 13.5. The lowest BCUT2D eigenvalue weighted by Crippen LogP contribution is -2.38. The van der Waals surface area contributed by atoms with E-state index in [0.29, 0.717) is 0 Å². The van der Waals surface area contributed by atoms with E-state index in [9.17, 15) is 24.4 Å². The molecule has 3 rings (SSSR count). The molecule has 0 amide bonds. The molecule has 1 fully saturated rings. The third-order valence-electron chi connectivity index (χ3n) is 4.90. The van der Waals surface area contributed by atoms with E-state index in [2.05, 4.69) is 10.1 Å². The average molecular weight is 530 g/mol. The topological polar surface area (TPSA) is 161 Å². The minimum atomic E-state index is -4.20. The van der Waals surface area contributed by atoms with Gasteiger partial charge in [0.25, 0.3) is 5.56 Å². The van der Waals surface area contributed by atoms with Crippen molar-refractivity contribution in [3.63, 3.8) is 0 Å². The van der Waals surface area contributed by atoms with Crippen LogP contribution in [-0.4, -0.2) is 62.8 Å². The lowest BCUT2D eigenvalue weighted by Gasteiger charge is -2.25. The lowest BCUT2D eigenvalue weighted by atomic mass is 10.1. The molecule has 1 aliphatic rings. The second-order valence-corrected chi connectivity index (χ2v) is 10.2. The van der Waals surface area contributed by atoms with Crippen molar-refractivity contribution in [1.29, 1.82) is 0 Å². The predicted molar refractivity (Wildman–Crippen MR) is 126 cm³/mol. The Morgan fingerprint density at radius 3 is 2.54 bits per heavy atom. The van der Waals surface area contributed by atoms with Gasteiger partial charge in [-0.2, -0.15) is 5.09 Å². The van der Waals surface area contributed by atoms with Crippen LogP contribution in [0, 0.1) is 4.77 Å². The first kappa shape index (κ1) is 27.2. The molecular formula is C21H28N3O9PS. The van der Waals surface area contributed by atoms with E-state index in [4.69, 9.17) is 30.7 Å². The molecule has 2 aromatic rings. The molecule has 1 aromatic carbocycles. The molecule has 1 unspecified atom stereocenters. The molecule has 1 saturated heterocycles. The highest BCUT2D eigenvalue weighted by Crippen LogP contribution is 2.46. The van der Waals surface area contributed by atoms with Crippen LogP contribution in [-0.2, 0) is 23.4 Å². The number of hydrogen-bond acceptors (Lipinski definition) is 10. The monoisotopic (exact) mass is 529 g/mol. The number of benzene rings is 1. The Morgan fingerprint density at radius 2 is 1.91 bits per heavy atom. The molecule has 0 bridgehead atoms. The highest BCUT2D eigenvalue weighted by atomic mass is 32.1. The van der Waals surface area contributed by atoms with Crippen LogP contribution in [0.3, 0.4) is 0 Å². The molecule has 0 radical (unpaired) electrons. The van der Waals surface area contributed by atoms with E-state index in [-0.39, 0.29) is 16.6 Å². The van der Waals surface area contributed by atoms with E-state index in [0.717, 1.165) is 0 Å². The van der Waals surface area contributed by atoms with Gasteiger partial charge in [-0.25, -0.2) is 4.57 Å². The summed E-state index contributed by atoms with van der Waals surface area (Å²) in [5, 5.41) is 23.5. The van der Waals surface area contributed by atoms with Crippen molar-refractivity contribution < 1.29 is 38.1 Å². The number of rotatable bonds is 10. The minimum absolute atomic E-state index is 0.0208. The Kier molecular flexibility index (Phi) is 9.00. The van der Waals surface area contributed by atoms with Crippen molar-refractivity contribution in [2.45, 2.75) is 57.5 Å². The van der Waals surface area contributed by atoms with Crippen molar-refractivity contribution in [2.75, 3.05) is 6.61 Å². The molecule has 12 nitrogen and oxygen atoms in total. The van der Waals surface area contributed by atoms with Gasteiger partial charge in [0, 0.05) is 12.3 Å². The summed E-state index contributed by atoms with van der Waals surface area (Å²) in [5.74, 6) is -0.460. The summed E-state index contributed by atoms with van der Waals surface area (Å²) in [7, 11) is -4.20. The van der Waals surface area contributed by atoms with E-state index >= 15 is 0 Å². The second-order valence-electron chi connectivity index (χ2n) is 8.10. The normalized spacial score (nSPS) is 24.6. The first-order valence-corrected chi connectivity index (χ1v) is 12.7. The Morgan fingerprint density at radius 1 is 1.23 bits per heavy atom. The number of aliphatic hydroxyl groups excluding tert-OH is 2. The van der Waals surface area contributed by atoms with Gasteiger partial charge < -0.3 is 24.2 Å². The zero-order valence-electron chi connectivity index (χ0n) is 19.3. The molecular weight excluding hydrogens is 501 g/mol. The van der Waals surface area contributed by atoms with Gasteiger partial charge in [-0.15, -0.1) is 0 Å².